The third-order valence-electron chi connectivity index (χ3n) is 3.17. The molecule has 5 heteroatoms. The Kier molecular flexibility index (Phi) is 3.71. The maximum atomic E-state index is 6.02. The zero-order valence-electron chi connectivity index (χ0n) is 11.6. The Hall–Kier alpha value is -1.85. The molecule has 0 atom stereocenters. The number of para-hydroxylation sites is 1. The molecule has 2 heterocycles. The molecule has 1 N–H and O–H groups in total. The average molecular weight is 287 g/mol. The van der Waals surface area contributed by atoms with Gasteiger partial charge in [0.25, 0.3) is 0 Å². The molecule has 0 spiro atoms. The number of fused-ring (bicyclic) bond motifs is 1. The molecule has 3 aromatic rings. The van der Waals surface area contributed by atoms with E-state index in [4.69, 9.17) is 4.74 Å². The molecule has 0 amide bonds. The van der Waals surface area contributed by atoms with Crippen molar-refractivity contribution in [3.63, 3.8) is 0 Å². The van der Waals surface area contributed by atoms with Crippen LogP contribution in [-0.2, 0) is 6.54 Å². The van der Waals surface area contributed by atoms with Gasteiger partial charge >= 0.3 is 0 Å². The van der Waals surface area contributed by atoms with Crippen molar-refractivity contribution in [1.82, 2.24) is 14.7 Å². The number of thiazole rings is 1. The van der Waals surface area contributed by atoms with Gasteiger partial charge in [0.2, 0.25) is 5.88 Å². The maximum absolute atomic E-state index is 6.02. The lowest BCUT2D eigenvalue weighted by molar-refractivity contribution is 0.453. The highest BCUT2D eigenvalue weighted by molar-refractivity contribution is 7.15. The Morgan fingerprint density at radius 3 is 3.00 bits per heavy atom. The summed E-state index contributed by atoms with van der Waals surface area (Å²) in [5.74, 6) is 1.54. The topological polar surface area (TPSA) is 38.6 Å². The maximum Gasteiger partial charge on any atom is 0.243 e. The van der Waals surface area contributed by atoms with Crippen LogP contribution in [0.25, 0.3) is 4.96 Å². The first-order valence-corrected chi connectivity index (χ1v) is 7.56. The summed E-state index contributed by atoms with van der Waals surface area (Å²) in [4.78, 5) is 5.54. The van der Waals surface area contributed by atoms with Gasteiger partial charge in [-0.15, -0.1) is 11.3 Å². The number of nitrogens with zero attached hydrogens (tertiary/aromatic N) is 2. The monoisotopic (exact) mass is 287 g/mol. The molecule has 0 bridgehead atoms. The number of ether oxygens (including phenoxy) is 1. The van der Waals surface area contributed by atoms with Crippen LogP contribution in [0.5, 0.6) is 11.6 Å². The van der Waals surface area contributed by atoms with Gasteiger partial charge in [-0.1, -0.05) is 25.1 Å². The number of imidazole rings is 1. The predicted octanol–water partition coefficient (Wildman–Crippen LogP) is 3.61. The lowest BCUT2D eigenvalue weighted by Gasteiger charge is -2.08. The summed E-state index contributed by atoms with van der Waals surface area (Å²) in [5, 5.41) is 5.37. The second-order valence-electron chi connectivity index (χ2n) is 4.57. The lowest BCUT2D eigenvalue weighted by Crippen LogP contribution is -2.13. The number of aryl methyl sites for hydroxylation is 1. The summed E-state index contributed by atoms with van der Waals surface area (Å²) in [7, 11) is 0. The molecule has 4 nitrogen and oxygen atoms in total. The standard InChI is InChI=1S/C15H17N3OS/c1-3-16-10-12-14(17-15-18(12)8-9-20-15)19-13-7-5-4-6-11(13)2/h4-9,16H,3,10H2,1-2H3. The molecular weight excluding hydrogens is 270 g/mol. The van der Waals surface area contributed by atoms with Gasteiger partial charge in [0, 0.05) is 18.1 Å². The predicted molar refractivity (Wildman–Crippen MR) is 81.7 cm³/mol. The van der Waals surface area contributed by atoms with Gasteiger partial charge in [0.15, 0.2) is 4.96 Å². The Morgan fingerprint density at radius 2 is 2.20 bits per heavy atom. The van der Waals surface area contributed by atoms with E-state index in [0.29, 0.717) is 5.88 Å². The molecule has 0 radical (unpaired) electrons. The van der Waals surface area contributed by atoms with Crippen molar-refractivity contribution in [3.05, 3.63) is 47.1 Å². The first kappa shape index (κ1) is 13.1. The van der Waals surface area contributed by atoms with Crippen molar-refractivity contribution in [2.24, 2.45) is 0 Å². The Bertz CT molecular complexity index is 717. The fourth-order valence-corrected chi connectivity index (χ4v) is 2.80. The van der Waals surface area contributed by atoms with Crippen LogP contribution < -0.4 is 10.1 Å². The summed E-state index contributed by atoms with van der Waals surface area (Å²) in [6, 6.07) is 8.00. The van der Waals surface area contributed by atoms with Crippen molar-refractivity contribution in [3.8, 4) is 11.6 Å². The van der Waals surface area contributed by atoms with Crippen molar-refractivity contribution in [2.75, 3.05) is 6.54 Å². The Morgan fingerprint density at radius 1 is 1.35 bits per heavy atom. The van der Waals surface area contributed by atoms with Gasteiger partial charge in [-0.25, -0.2) is 0 Å². The van der Waals surface area contributed by atoms with E-state index in [9.17, 15) is 0 Å². The highest BCUT2D eigenvalue weighted by atomic mass is 32.1. The van der Waals surface area contributed by atoms with E-state index in [-0.39, 0.29) is 0 Å². The number of rotatable bonds is 5. The van der Waals surface area contributed by atoms with Crippen LogP contribution in [0.4, 0.5) is 0 Å². The Labute approximate surface area is 122 Å². The van der Waals surface area contributed by atoms with Crippen molar-refractivity contribution >= 4 is 16.3 Å². The fraction of sp³-hybridized carbons (Fsp3) is 0.267. The van der Waals surface area contributed by atoms with E-state index in [1.165, 1.54) is 0 Å². The number of hydrogen-bond donors (Lipinski definition) is 1. The van der Waals surface area contributed by atoms with Crippen LogP contribution in [0.3, 0.4) is 0 Å². The van der Waals surface area contributed by atoms with Crippen LogP contribution in [0, 0.1) is 6.92 Å². The van der Waals surface area contributed by atoms with Crippen LogP contribution in [0.15, 0.2) is 35.8 Å². The van der Waals surface area contributed by atoms with Crippen LogP contribution in [-0.4, -0.2) is 15.9 Å². The molecule has 0 aliphatic carbocycles. The van der Waals surface area contributed by atoms with Gasteiger partial charge in [-0.3, -0.25) is 4.40 Å². The van der Waals surface area contributed by atoms with E-state index in [1.807, 2.05) is 42.8 Å². The first-order chi connectivity index (χ1) is 9.79. The normalized spacial score (nSPS) is 11.1. The minimum absolute atomic E-state index is 0.687. The average Bonchev–Trinajstić information content (AvgIpc) is 3.00. The van der Waals surface area contributed by atoms with Gasteiger partial charge in [0.1, 0.15) is 11.4 Å². The second kappa shape index (κ2) is 5.64. The zero-order valence-corrected chi connectivity index (χ0v) is 12.4. The largest absolute Gasteiger partial charge is 0.437 e. The molecule has 0 saturated heterocycles. The molecule has 0 fully saturated rings. The summed E-state index contributed by atoms with van der Waals surface area (Å²) in [5.41, 5.74) is 2.17. The molecular formula is C15H17N3OS. The Balaban J connectivity index is 1.97. The number of hydrogen-bond acceptors (Lipinski definition) is 4. The highest BCUT2D eigenvalue weighted by Crippen LogP contribution is 2.29. The summed E-state index contributed by atoms with van der Waals surface area (Å²) in [6.45, 7) is 5.79. The summed E-state index contributed by atoms with van der Waals surface area (Å²) >= 11 is 1.61. The second-order valence-corrected chi connectivity index (χ2v) is 5.44. The van der Waals surface area contributed by atoms with Gasteiger partial charge in [-0.2, -0.15) is 4.98 Å². The number of nitrogens with one attached hydrogen (secondary N) is 1. The molecule has 2 aromatic heterocycles. The first-order valence-electron chi connectivity index (χ1n) is 6.68. The van der Waals surface area contributed by atoms with E-state index in [1.54, 1.807) is 11.3 Å². The minimum atomic E-state index is 0.687. The molecule has 1 aromatic carbocycles. The quantitative estimate of drug-likeness (QED) is 0.779. The van der Waals surface area contributed by atoms with Crippen molar-refractivity contribution in [1.29, 1.82) is 0 Å². The molecule has 3 rings (SSSR count). The molecule has 20 heavy (non-hydrogen) atoms. The van der Waals surface area contributed by atoms with Crippen LogP contribution >= 0.6 is 11.3 Å². The minimum Gasteiger partial charge on any atom is -0.437 e. The highest BCUT2D eigenvalue weighted by Gasteiger charge is 2.15. The molecule has 0 saturated carbocycles. The lowest BCUT2D eigenvalue weighted by atomic mass is 10.2. The summed E-state index contributed by atoms with van der Waals surface area (Å²) < 4.78 is 8.10. The molecule has 104 valence electrons. The third-order valence-corrected chi connectivity index (χ3v) is 3.92. The van der Waals surface area contributed by atoms with Crippen molar-refractivity contribution in [2.45, 2.75) is 20.4 Å². The summed E-state index contributed by atoms with van der Waals surface area (Å²) in [6.07, 6.45) is 2.03. The van der Waals surface area contributed by atoms with E-state index < -0.39 is 0 Å². The van der Waals surface area contributed by atoms with Crippen molar-refractivity contribution < 1.29 is 4.74 Å². The van der Waals surface area contributed by atoms with Crippen LogP contribution in [0.2, 0.25) is 0 Å². The SMILES string of the molecule is CCNCc1c(Oc2ccccc2C)nc2sccn12. The van der Waals surface area contributed by atoms with Gasteiger partial charge < -0.3 is 10.1 Å². The number of benzene rings is 1. The molecule has 0 aliphatic heterocycles. The van der Waals surface area contributed by atoms with E-state index in [2.05, 4.69) is 21.6 Å². The molecule has 0 unspecified atom stereocenters. The zero-order chi connectivity index (χ0) is 13.9. The number of aromatic nitrogens is 2. The van der Waals surface area contributed by atoms with Gasteiger partial charge in [-0.05, 0) is 25.1 Å². The van der Waals surface area contributed by atoms with Crippen LogP contribution in [0.1, 0.15) is 18.2 Å². The molecule has 0 aliphatic rings. The van der Waals surface area contributed by atoms with E-state index in [0.717, 1.165) is 35.1 Å². The van der Waals surface area contributed by atoms with E-state index >= 15 is 0 Å². The smallest absolute Gasteiger partial charge is 0.243 e. The third kappa shape index (κ3) is 2.42. The van der Waals surface area contributed by atoms with Gasteiger partial charge in [0.05, 0.1) is 0 Å². The fourth-order valence-electron chi connectivity index (χ4n) is 2.07.